The number of nitrogens with two attached hydrogens (primary N) is 1. The van der Waals surface area contributed by atoms with Crippen LogP contribution in [0.25, 0.3) is 21.5 Å². The number of carbonyl (C=O) groups excluding carboxylic acids is 1. The van der Waals surface area contributed by atoms with Gasteiger partial charge in [0.15, 0.2) is 0 Å². The Morgan fingerprint density at radius 2 is 1.80 bits per heavy atom. The number of rotatable bonds is 4. The second-order valence-electron chi connectivity index (χ2n) is 7.33. The van der Waals surface area contributed by atoms with E-state index in [1.165, 1.54) is 11.3 Å². The Kier molecular flexibility index (Phi) is 5.40. The molecule has 2 aromatic carbocycles. The molecule has 4 rings (SSSR count). The van der Waals surface area contributed by atoms with Crippen molar-refractivity contribution in [1.29, 1.82) is 0 Å². The molecule has 0 aliphatic carbocycles. The minimum Gasteiger partial charge on any atom is -0.368 e. The van der Waals surface area contributed by atoms with Crippen molar-refractivity contribution in [3.63, 3.8) is 0 Å². The summed E-state index contributed by atoms with van der Waals surface area (Å²) in [7, 11) is 0. The Hall–Kier alpha value is -2.67. The normalized spacial score (nSPS) is 11.6. The first-order valence-corrected chi connectivity index (χ1v) is 10.7. The summed E-state index contributed by atoms with van der Waals surface area (Å²) in [6.45, 7) is 3.93. The maximum Gasteiger partial charge on any atom is 0.262 e. The fraction of sp³-hybridized carbons (Fsp3) is 0.136. The molecule has 0 spiro atoms. The predicted molar refractivity (Wildman–Crippen MR) is 124 cm³/mol. The highest BCUT2D eigenvalue weighted by Crippen LogP contribution is 2.37. The molecule has 0 unspecified atom stereocenters. The van der Waals surface area contributed by atoms with Crippen molar-refractivity contribution in [1.82, 2.24) is 15.3 Å². The fourth-order valence-electron chi connectivity index (χ4n) is 3.21. The molecule has 0 aliphatic heterocycles. The van der Waals surface area contributed by atoms with E-state index >= 15 is 0 Å². The summed E-state index contributed by atoms with van der Waals surface area (Å²) in [6, 6.07) is 16.7. The Morgan fingerprint density at radius 1 is 1.07 bits per heavy atom. The van der Waals surface area contributed by atoms with E-state index in [-0.39, 0.29) is 11.9 Å². The number of fused-ring (bicyclic) bond motifs is 1. The van der Waals surface area contributed by atoms with Crippen LogP contribution in [0, 0.1) is 0 Å². The van der Waals surface area contributed by atoms with Gasteiger partial charge in [-0.3, -0.25) is 4.79 Å². The lowest BCUT2D eigenvalue weighted by molar-refractivity contribution is 0.0916. The summed E-state index contributed by atoms with van der Waals surface area (Å²) in [6.07, 6.45) is 0. The molecule has 0 bridgehead atoms. The number of nitrogens with one attached hydrogen (secondary N) is 1. The van der Waals surface area contributed by atoms with E-state index in [0.29, 0.717) is 36.4 Å². The highest BCUT2D eigenvalue weighted by molar-refractivity contribution is 7.20. The SMILES string of the molecule is CC(C)(NC(=O)c1cc2c(-c3ccc(Cl)cc3Cl)nc(N)nc2s1)c1ccccc1. The van der Waals surface area contributed by atoms with Crippen LogP contribution in [0.1, 0.15) is 29.1 Å². The Labute approximate surface area is 187 Å². The van der Waals surface area contributed by atoms with Crippen LogP contribution in [0.4, 0.5) is 5.95 Å². The number of amides is 1. The van der Waals surface area contributed by atoms with Gasteiger partial charge >= 0.3 is 0 Å². The molecule has 0 fully saturated rings. The Bertz CT molecular complexity index is 1250. The zero-order valence-electron chi connectivity index (χ0n) is 16.2. The van der Waals surface area contributed by atoms with Crippen LogP contribution in [-0.2, 0) is 5.54 Å². The van der Waals surface area contributed by atoms with Crippen LogP contribution in [0.2, 0.25) is 10.0 Å². The highest BCUT2D eigenvalue weighted by atomic mass is 35.5. The van der Waals surface area contributed by atoms with Gasteiger partial charge in [0.25, 0.3) is 5.91 Å². The van der Waals surface area contributed by atoms with E-state index in [1.807, 2.05) is 44.2 Å². The zero-order valence-corrected chi connectivity index (χ0v) is 18.6. The first kappa shape index (κ1) is 20.6. The molecule has 3 N–H and O–H groups in total. The second kappa shape index (κ2) is 7.87. The van der Waals surface area contributed by atoms with Crippen LogP contribution in [0.15, 0.2) is 54.6 Å². The van der Waals surface area contributed by atoms with Gasteiger partial charge in [-0.15, -0.1) is 11.3 Å². The molecule has 152 valence electrons. The lowest BCUT2D eigenvalue weighted by atomic mass is 9.94. The Morgan fingerprint density at radius 3 is 2.50 bits per heavy atom. The maximum absolute atomic E-state index is 13.0. The van der Waals surface area contributed by atoms with E-state index in [9.17, 15) is 4.79 Å². The predicted octanol–water partition coefficient (Wildman–Crippen LogP) is 5.91. The van der Waals surface area contributed by atoms with Crippen LogP contribution in [0.3, 0.4) is 0 Å². The van der Waals surface area contributed by atoms with Crippen molar-refractivity contribution in [3.05, 3.63) is 75.1 Å². The number of nitrogens with zero attached hydrogens (tertiary/aromatic N) is 2. The number of nitrogen functional groups attached to an aromatic ring is 1. The van der Waals surface area contributed by atoms with Crippen molar-refractivity contribution < 1.29 is 4.79 Å². The molecule has 8 heteroatoms. The molecule has 4 aromatic rings. The standard InChI is InChI=1S/C22H18Cl2N4OS/c1-22(2,12-6-4-3-5-7-12)28-19(29)17-11-15-18(26-21(25)27-20(15)30-17)14-9-8-13(23)10-16(14)24/h3-11H,1-2H3,(H,28,29)(H2,25,26,27). The summed E-state index contributed by atoms with van der Waals surface area (Å²) in [4.78, 5) is 22.8. The largest absolute Gasteiger partial charge is 0.368 e. The van der Waals surface area contributed by atoms with Crippen molar-refractivity contribution in [2.45, 2.75) is 19.4 Å². The monoisotopic (exact) mass is 456 g/mol. The number of hydrogen-bond donors (Lipinski definition) is 2. The number of aromatic nitrogens is 2. The third kappa shape index (κ3) is 3.99. The van der Waals surface area contributed by atoms with E-state index in [0.717, 1.165) is 5.56 Å². The molecular formula is C22H18Cl2N4OS. The van der Waals surface area contributed by atoms with E-state index in [1.54, 1.807) is 24.3 Å². The summed E-state index contributed by atoms with van der Waals surface area (Å²) in [5.74, 6) is -0.0829. The number of carbonyl (C=O) groups is 1. The van der Waals surface area contributed by atoms with Gasteiger partial charge in [-0.2, -0.15) is 0 Å². The van der Waals surface area contributed by atoms with Crippen molar-refractivity contribution in [3.8, 4) is 11.3 Å². The van der Waals surface area contributed by atoms with E-state index in [2.05, 4.69) is 15.3 Å². The van der Waals surface area contributed by atoms with Gasteiger partial charge in [-0.25, -0.2) is 9.97 Å². The molecule has 0 aliphatic rings. The maximum atomic E-state index is 13.0. The lowest BCUT2D eigenvalue weighted by Gasteiger charge is -2.26. The van der Waals surface area contributed by atoms with Gasteiger partial charge < -0.3 is 11.1 Å². The van der Waals surface area contributed by atoms with Gasteiger partial charge in [0.05, 0.1) is 21.1 Å². The third-order valence-electron chi connectivity index (χ3n) is 4.74. The summed E-state index contributed by atoms with van der Waals surface area (Å²) in [5.41, 5.74) is 7.63. The van der Waals surface area contributed by atoms with Crippen LogP contribution >= 0.6 is 34.5 Å². The lowest BCUT2D eigenvalue weighted by Crippen LogP contribution is -2.40. The number of thiophene rings is 1. The van der Waals surface area contributed by atoms with Crippen molar-refractivity contribution in [2.24, 2.45) is 0 Å². The number of hydrogen-bond acceptors (Lipinski definition) is 5. The summed E-state index contributed by atoms with van der Waals surface area (Å²) >= 11 is 13.7. The first-order valence-electron chi connectivity index (χ1n) is 9.15. The van der Waals surface area contributed by atoms with Gasteiger partial charge in [-0.05, 0) is 43.7 Å². The van der Waals surface area contributed by atoms with E-state index in [4.69, 9.17) is 28.9 Å². The second-order valence-corrected chi connectivity index (χ2v) is 9.20. The minimum atomic E-state index is -0.540. The average Bonchev–Trinajstić information content (AvgIpc) is 3.12. The molecular weight excluding hydrogens is 439 g/mol. The van der Waals surface area contributed by atoms with Crippen molar-refractivity contribution in [2.75, 3.05) is 5.73 Å². The molecule has 0 atom stereocenters. The van der Waals surface area contributed by atoms with Crippen LogP contribution in [-0.4, -0.2) is 15.9 Å². The fourth-order valence-corrected chi connectivity index (χ4v) is 4.64. The first-order chi connectivity index (χ1) is 14.2. The van der Waals surface area contributed by atoms with Gasteiger partial charge in [-0.1, -0.05) is 53.5 Å². The molecule has 0 saturated carbocycles. The smallest absolute Gasteiger partial charge is 0.262 e. The molecule has 0 radical (unpaired) electrons. The molecule has 2 heterocycles. The van der Waals surface area contributed by atoms with Gasteiger partial charge in [0.1, 0.15) is 4.83 Å². The molecule has 30 heavy (non-hydrogen) atoms. The number of halogens is 2. The Balaban J connectivity index is 1.74. The zero-order chi connectivity index (χ0) is 21.5. The molecule has 2 aromatic heterocycles. The summed E-state index contributed by atoms with van der Waals surface area (Å²) in [5, 5.41) is 4.77. The molecule has 5 nitrogen and oxygen atoms in total. The van der Waals surface area contributed by atoms with Crippen LogP contribution in [0.5, 0.6) is 0 Å². The topological polar surface area (TPSA) is 80.9 Å². The third-order valence-corrected chi connectivity index (χ3v) is 6.32. The van der Waals surface area contributed by atoms with Crippen LogP contribution < -0.4 is 11.1 Å². The molecule has 1 amide bonds. The number of anilines is 1. The van der Waals surface area contributed by atoms with E-state index < -0.39 is 5.54 Å². The average molecular weight is 457 g/mol. The van der Waals surface area contributed by atoms with Gasteiger partial charge in [0, 0.05) is 16.0 Å². The quantitative estimate of drug-likeness (QED) is 0.399. The minimum absolute atomic E-state index is 0.113. The van der Waals surface area contributed by atoms with Gasteiger partial charge in [0.2, 0.25) is 5.95 Å². The highest BCUT2D eigenvalue weighted by Gasteiger charge is 2.25. The van der Waals surface area contributed by atoms with Crippen molar-refractivity contribution >= 4 is 56.6 Å². The summed E-state index contributed by atoms with van der Waals surface area (Å²) < 4.78 is 0. The molecule has 0 saturated heterocycles. The number of benzene rings is 2.